The average Bonchev–Trinajstić information content (AvgIpc) is 3.12. The molecule has 0 atom stereocenters. The van der Waals surface area contributed by atoms with Crippen LogP contribution in [0.15, 0.2) is 35.3 Å². The van der Waals surface area contributed by atoms with Crippen molar-refractivity contribution in [1.82, 2.24) is 14.5 Å². The van der Waals surface area contributed by atoms with Gasteiger partial charge in [0.15, 0.2) is 5.13 Å². The maximum Gasteiger partial charge on any atom is 0.246 e. The molecule has 0 unspecified atom stereocenters. The second-order valence-corrected chi connectivity index (χ2v) is 5.97. The number of imidazole rings is 1. The van der Waals surface area contributed by atoms with Gasteiger partial charge in [0, 0.05) is 17.8 Å². The van der Waals surface area contributed by atoms with Crippen LogP contribution in [-0.2, 0) is 11.3 Å². The molecule has 0 aliphatic carbocycles. The van der Waals surface area contributed by atoms with Gasteiger partial charge in [-0.1, -0.05) is 6.07 Å². The van der Waals surface area contributed by atoms with Crippen LogP contribution in [0, 0.1) is 6.92 Å². The lowest BCUT2D eigenvalue weighted by Gasteiger charge is -2.04. The number of hydrogen-bond acceptors (Lipinski definition) is 5. The van der Waals surface area contributed by atoms with E-state index in [1.807, 2.05) is 29.8 Å². The van der Waals surface area contributed by atoms with E-state index in [4.69, 9.17) is 0 Å². The zero-order valence-corrected chi connectivity index (χ0v) is 12.4. The SMILES string of the molecule is Cc1nccn1CC(=O)Nc1nc(-c2cccs2)cs1. The van der Waals surface area contributed by atoms with Crippen molar-refractivity contribution in [1.29, 1.82) is 0 Å². The van der Waals surface area contributed by atoms with Crippen LogP contribution in [0.1, 0.15) is 5.82 Å². The molecule has 3 rings (SSSR count). The highest BCUT2D eigenvalue weighted by Gasteiger charge is 2.09. The number of amides is 1. The van der Waals surface area contributed by atoms with Crippen molar-refractivity contribution in [3.63, 3.8) is 0 Å². The number of aromatic nitrogens is 3. The van der Waals surface area contributed by atoms with Gasteiger partial charge in [-0.25, -0.2) is 9.97 Å². The number of hydrogen-bond donors (Lipinski definition) is 1. The molecule has 0 aromatic carbocycles. The number of thiazole rings is 1. The Morgan fingerprint density at radius 2 is 2.35 bits per heavy atom. The Kier molecular flexibility index (Phi) is 3.62. The van der Waals surface area contributed by atoms with Gasteiger partial charge in [-0.15, -0.1) is 22.7 Å². The summed E-state index contributed by atoms with van der Waals surface area (Å²) in [5.41, 5.74) is 0.902. The third-order valence-corrected chi connectivity index (χ3v) is 4.41. The Labute approximate surface area is 123 Å². The highest BCUT2D eigenvalue weighted by atomic mass is 32.1. The molecule has 0 aliphatic heterocycles. The summed E-state index contributed by atoms with van der Waals surface area (Å²) in [6.45, 7) is 2.12. The van der Waals surface area contributed by atoms with Gasteiger partial charge in [-0.3, -0.25) is 4.79 Å². The largest absolute Gasteiger partial charge is 0.326 e. The van der Waals surface area contributed by atoms with Crippen molar-refractivity contribution in [2.24, 2.45) is 0 Å². The zero-order valence-electron chi connectivity index (χ0n) is 10.7. The summed E-state index contributed by atoms with van der Waals surface area (Å²) >= 11 is 3.06. The predicted octanol–water partition coefficient (Wildman–Crippen LogP) is 3.02. The molecule has 3 aromatic heterocycles. The molecule has 3 heterocycles. The first-order valence-corrected chi connectivity index (χ1v) is 7.75. The van der Waals surface area contributed by atoms with Crippen LogP contribution in [0.3, 0.4) is 0 Å². The standard InChI is InChI=1S/C13H12N4OS2/c1-9-14-4-5-17(9)7-12(18)16-13-15-10(8-20-13)11-3-2-6-19-11/h2-6,8H,7H2,1H3,(H,15,16,18). The molecule has 7 heteroatoms. The molecule has 5 nitrogen and oxygen atoms in total. The maximum absolute atomic E-state index is 11.9. The fourth-order valence-corrected chi connectivity index (χ4v) is 3.24. The Hall–Kier alpha value is -1.99. The molecule has 0 radical (unpaired) electrons. The highest BCUT2D eigenvalue weighted by molar-refractivity contribution is 7.16. The molecule has 0 fully saturated rings. The first kappa shape index (κ1) is 13.0. The van der Waals surface area contributed by atoms with E-state index in [2.05, 4.69) is 15.3 Å². The van der Waals surface area contributed by atoms with Crippen LogP contribution in [0.5, 0.6) is 0 Å². The summed E-state index contributed by atoms with van der Waals surface area (Å²) in [5, 5.41) is 7.39. The third-order valence-electron chi connectivity index (χ3n) is 2.76. The van der Waals surface area contributed by atoms with Gasteiger partial charge in [-0.05, 0) is 18.4 Å². The van der Waals surface area contributed by atoms with Crippen molar-refractivity contribution < 1.29 is 4.79 Å². The molecular formula is C13H12N4OS2. The van der Waals surface area contributed by atoms with E-state index in [0.29, 0.717) is 5.13 Å². The van der Waals surface area contributed by atoms with E-state index in [-0.39, 0.29) is 12.5 Å². The number of anilines is 1. The van der Waals surface area contributed by atoms with Crippen molar-refractivity contribution >= 4 is 33.7 Å². The van der Waals surface area contributed by atoms with Crippen LogP contribution in [0.2, 0.25) is 0 Å². The number of nitrogens with zero attached hydrogens (tertiary/aromatic N) is 3. The monoisotopic (exact) mass is 304 g/mol. The first-order valence-electron chi connectivity index (χ1n) is 5.99. The number of rotatable bonds is 4. The van der Waals surface area contributed by atoms with Gasteiger partial charge in [0.05, 0.1) is 10.6 Å². The topological polar surface area (TPSA) is 59.8 Å². The second kappa shape index (κ2) is 5.56. The smallest absolute Gasteiger partial charge is 0.246 e. The van der Waals surface area contributed by atoms with Crippen molar-refractivity contribution in [2.75, 3.05) is 5.32 Å². The zero-order chi connectivity index (χ0) is 13.9. The molecule has 20 heavy (non-hydrogen) atoms. The number of carbonyl (C=O) groups excluding carboxylic acids is 1. The molecule has 0 bridgehead atoms. The molecule has 1 amide bonds. The van der Waals surface area contributed by atoms with E-state index in [1.54, 1.807) is 28.3 Å². The van der Waals surface area contributed by atoms with Crippen LogP contribution in [0.4, 0.5) is 5.13 Å². The van der Waals surface area contributed by atoms with E-state index in [9.17, 15) is 4.79 Å². The van der Waals surface area contributed by atoms with Crippen molar-refractivity contribution in [2.45, 2.75) is 13.5 Å². The number of thiophene rings is 1. The van der Waals surface area contributed by atoms with Gasteiger partial charge >= 0.3 is 0 Å². The number of aryl methyl sites for hydroxylation is 1. The molecule has 0 spiro atoms. The Morgan fingerprint density at radius 3 is 3.05 bits per heavy atom. The molecular weight excluding hydrogens is 292 g/mol. The van der Waals surface area contributed by atoms with Gasteiger partial charge < -0.3 is 9.88 Å². The predicted molar refractivity (Wildman–Crippen MR) is 81.0 cm³/mol. The summed E-state index contributed by atoms with van der Waals surface area (Å²) in [5.74, 6) is 0.719. The average molecular weight is 304 g/mol. The molecule has 0 saturated carbocycles. The van der Waals surface area contributed by atoms with Crippen LogP contribution in [-0.4, -0.2) is 20.4 Å². The molecule has 0 saturated heterocycles. The minimum Gasteiger partial charge on any atom is -0.326 e. The summed E-state index contributed by atoms with van der Waals surface area (Å²) in [4.78, 5) is 21.5. The normalized spacial score (nSPS) is 10.7. The summed E-state index contributed by atoms with van der Waals surface area (Å²) in [6, 6.07) is 4.00. The van der Waals surface area contributed by atoms with Crippen LogP contribution >= 0.6 is 22.7 Å². The lowest BCUT2D eigenvalue weighted by molar-refractivity contribution is -0.116. The fourth-order valence-electron chi connectivity index (χ4n) is 1.75. The first-order chi connectivity index (χ1) is 9.72. The molecule has 3 aromatic rings. The number of nitrogens with one attached hydrogen (secondary N) is 1. The van der Waals surface area contributed by atoms with Crippen molar-refractivity contribution in [3.8, 4) is 10.6 Å². The van der Waals surface area contributed by atoms with Crippen molar-refractivity contribution in [3.05, 3.63) is 41.1 Å². The van der Waals surface area contributed by atoms with Crippen LogP contribution in [0.25, 0.3) is 10.6 Å². The summed E-state index contributed by atoms with van der Waals surface area (Å²) in [7, 11) is 0. The number of carbonyl (C=O) groups is 1. The van der Waals surface area contributed by atoms with Gasteiger partial charge in [-0.2, -0.15) is 0 Å². The third kappa shape index (κ3) is 2.78. The maximum atomic E-state index is 11.9. The molecule has 102 valence electrons. The van der Waals surface area contributed by atoms with Gasteiger partial charge in [0.1, 0.15) is 12.4 Å². The minimum absolute atomic E-state index is 0.0989. The van der Waals surface area contributed by atoms with E-state index in [1.165, 1.54) is 11.3 Å². The lowest BCUT2D eigenvalue weighted by Crippen LogP contribution is -2.18. The Bertz CT molecular complexity index is 714. The van der Waals surface area contributed by atoms with Crippen LogP contribution < -0.4 is 5.32 Å². The van der Waals surface area contributed by atoms with Gasteiger partial charge in [0.25, 0.3) is 0 Å². The Balaban J connectivity index is 1.66. The summed E-state index contributed by atoms with van der Waals surface area (Å²) < 4.78 is 1.79. The second-order valence-electron chi connectivity index (χ2n) is 4.17. The van der Waals surface area contributed by atoms with Gasteiger partial charge in [0.2, 0.25) is 5.91 Å². The Morgan fingerprint density at radius 1 is 1.45 bits per heavy atom. The molecule has 0 aliphatic rings. The highest BCUT2D eigenvalue weighted by Crippen LogP contribution is 2.28. The molecule has 1 N–H and O–H groups in total. The van der Waals surface area contributed by atoms with E-state index < -0.39 is 0 Å². The quantitative estimate of drug-likeness (QED) is 0.806. The minimum atomic E-state index is -0.0989. The lowest BCUT2D eigenvalue weighted by atomic mass is 10.4. The van der Waals surface area contributed by atoms with E-state index >= 15 is 0 Å². The van der Waals surface area contributed by atoms with E-state index in [0.717, 1.165) is 16.4 Å². The fraction of sp³-hybridized carbons (Fsp3) is 0.154. The summed E-state index contributed by atoms with van der Waals surface area (Å²) in [6.07, 6.45) is 3.47.